The van der Waals surface area contributed by atoms with Gasteiger partial charge in [0.05, 0.1) is 19.3 Å². The summed E-state index contributed by atoms with van der Waals surface area (Å²) in [5.74, 6) is 0.519. The molecule has 2 atom stereocenters. The highest BCUT2D eigenvalue weighted by atomic mass is 31.2. The number of carbonyl (C=O) groups is 3. The van der Waals surface area contributed by atoms with Crippen molar-refractivity contribution in [3.63, 3.8) is 0 Å². The minimum Gasteiger partial charge on any atom is -0.405 e. The number of hydrogen-bond acceptors (Lipinski definition) is 14. The van der Waals surface area contributed by atoms with E-state index in [1.165, 1.54) is 62.3 Å². The van der Waals surface area contributed by atoms with Gasteiger partial charge >= 0.3 is 22.8 Å². The Kier molecular flexibility index (Phi) is 25.8. The molecule has 71 heavy (non-hydrogen) atoms. The van der Waals surface area contributed by atoms with Crippen molar-refractivity contribution in [1.82, 2.24) is 10.6 Å². The quantitative estimate of drug-likeness (QED) is 0.0409. The molecular weight excluding hydrogens is 1000 g/mol. The SMILES string of the molecule is CC(=O)NC(C=O)CO[Si](c1ccccc1)(c1ccccc1)C(C)(C)C.COP(=O)(/C=C/C(CO[Si](c1ccccc1)(c1ccccc1)C(C)(C)C)NC(C)=O)OC.COP(=O)(CP(=O)(OC)OC)OC. The van der Waals surface area contributed by atoms with Crippen molar-refractivity contribution in [1.29, 1.82) is 0 Å². The van der Waals surface area contributed by atoms with E-state index in [9.17, 15) is 28.1 Å². The Morgan fingerprint density at radius 2 is 0.789 bits per heavy atom. The van der Waals surface area contributed by atoms with Gasteiger partial charge in [0, 0.05) is 62.3 Å². The summed E-state index contributed by atoms with van der Waals surface area (Å²) in [6.07, 6.45) is 2.35. The van der Waals surface area contributed by atoms with Crippen LogP contribution >= 0.6 is 22.8 Å². The molecule has 0 saturated heterocycles. The predicted molar refractivity (Wildman–Crippen MR) is 287 cm³/mol. The van der Waals surface area contributed by atoms with Crippen LogP contribution in [0.1, 0.15) is 55.4 Å². The molecule has 4 aromatic carbocycles. The van der Waals surface area contributed by atoms with Crippen LogP contribution in [0.5, 0.6) is 0 Å². The van der Waals surface area contributed by atoms with Crippen LogP contribution in [0.25, 0.3) is 0 Å². The van der Waals surface area contributed by atoms with E-state index in [-0.39, 0.29) is 41.0 Å². The van der Waals surface area contributed by atoms with Gasteiger partial charge in [0.1, 0.15) is 12.3 Å². The molecule has 0 saturated carbocycles. The molecule has 2 amide bonds. The zero-order valence-electron chi connectivity index (χ0n) is 43.6. The second-order valence-electron chi connectivity index (χ2n) is 18.0. The Balaban J connectivity index is 0.000000397. The van der Waals surface area contributed by atoms with Gasteiger partial charge < -0.3 is 51.4 Å². The van der Waals surface area contributed by atoms with E-state index in [4.69, 9.17) is 17.9 Å². The smallest absolute Gasteiger partial charge is 0.353 e. The van der Waals surface area contributed by atoms with Crippen LogP contribution in [-0.4, -0.2) is 109 Å². The lowest BCUT2D eigenvalue weighted by Crippen LogP contribution is -2.67. The van der Waals surface area contributed by atoms with Crippen molar-refractivity contribution in [2.45, 2.75) is 77.6 Å². The van der Waals surface area contributed by atoms with Gasteiger partial charge in [0.2, 0.25) is 11.8 Å². The number of carbonyl (C=O) groups excluding carboxylic acids is 3. The number of aldehydes is 1. The van der Waals surface area contributed by atoms with E-state index in [1.807, 2.05) is 72.8 Å². The normalized spacial score (nSPS) is 13.4. The van der Waals surface area contributed by atoms with E-state index in [2.05, 4.69) is 119 Å². The van der Waals surface area contributed by atoms with Gasteiger partial charge in [0.15, 0.2) is 5.90 Å². The van der Waals surface area contributed by atoms with Crippen LogP contribution in [-0.2, 0) is 64.1 Å². The third kappa shape index (κ3) is 18.2. The average molecular weight is 1080 g/mol. The van der Waals surface area contributed by atoms with E-state index >= 15 is 0 Å². The highest BCUT2D eigenvalue weighted by molar-refractivity contribution is 7.71. The van der Waals surface area contributed by atoms with Crippen LogP contribution in [0.2, 0.25) is 10.1 Å². The van der Waals surface area contributed by atoms with Gasteiger partial charge in [-0.1, -0.05) is 169 Å². The molecule has 392 valence electrons. The first-order valence-corrected chi connectivity index (χ1v) is 31.5. The summed E-state index contributed by atoms with van der Waals surface area (Å²) in [4.78, 5) is 34.6. The molecule has 16 nitrogen and oxygen atoms in total. The number of amides is 2. The van der Waals surface area contributed by atoms with Crippen LogP contribution in [0.4, 0.5) is 0 Å². The van der Waals surface area contributed by atoms with Gasteiger partial charge in [-0.15, -0.1) is 0 Å². The van der Waals surface area contributed by atoms with Crippen molar-refractivity contribution < 1.29 is 64.1 Å². The Hall–Kier alpha value is -3.97. The standard InChI is InChI=1S/C24H34NO5PSi.C21H27NO3Si.C5H14O6P2/c1-20(26)25-21(17-18-31(27,28-5)29-6)19-30-32(24(2,3)4,22-13-9-7-10-14-22)23-15-11-8-12-16-23;1-17(24)22-18(15-23)16-25-26(21(2,3)4,19-11-7-5-8-12-19)20-13-9-6-10-14-20;1-8-12(6,9-2)5-13(7,10-3)11-4/h7-18,21H,19H2,1-6H3,(H,25,26);5-15,18H,16H2,1-4H3,(H,22,24);5H2,1-4H3/b18-17+;;. The molecule has 4 aromatic rings. The molecule has 0 bridgehead atoms. The molecule has 2 N–H and O–H groups in total. The second kappa shape index (κ2) is 29.1. The van der Waals surface area contributed by atoms with Crippen LogP contribution in [0, 0.1) is 0 Å². The molecule has 0 aliphatic carbocycles. The molecule has 0 spiro atoms. The molecule has 0 heterocycles. The average Bonchev–Trinajstić information content (AvgIpc) is 3.36. The van der Waals surface area contributed by atoms with E-state index in [0.29, 0.717) is 0 Å². The van der Waals surface area contributed by atoms with Gasteiger partial charge in [-0.25, -0.2) is 0 Å². The third-order valence-corrected chi connectivity index (χ3v) is 27.8. The lowest BCUT2D eigenvalue weighted by molar-refractivity contribution is -0.122. The van der Waals surface area contributed by atoms with E-state index < -0.39 is 51.5 Å². The largest absolute Gasteiger partial charge is 0.405 e. The fourth-order valence-corrected chi connectivity index (χ4v) is 21.6. The van der Waals surface area contributed by atoms with E-state index in [1.54, 1.807) is 6.08 Å². The third-order valence-electron chi connectivity index (χ3n) is 11.2. The van der Waals surface area contributed by atoms with Crippen LogP contribution in [0.15, 0.2) is 133 Å². The molecule has 4 rings (SSSR count). The molecule has 0 fully saturated rings. The molecule has 2 unspecified atom stereocenters. The van der Waals surface area contributed by atoms with E-state index in [0.717, 1.165) is 27.0 Å². The molecule has 0 aliphatic heterocycles. The summed E-state index contributed by atoms with van der Waals surface area (Å²) in [5, 5.41) is 9.72. The highest BCUT2D eigenvalue weighted by Crippen LogP contribution is 2.62. The molecule has 0 aliphatic rings. The van der Waals surface area contributed by atoms with Gasteiger partial charge in [-0.2, -0.15) is 0 Å². The Morgan fingerprint density at radius 3 is 1.03 bits per heavy atom. The summed E-state index contributed by atoms with van der Waals surface area (Å²) < 4.78 is 77.3. The number of benzene rings is 4. The summed E-state index contributed by atoms with van der Waals surface area (Å²) in [5.41, 5.74) is 0. The maximum Gasteiger partial charge on any atom is 0.353 e. The molecule has 21 heteroatoms. The van der Waals surface area contributed by atoms with Gasteiger partial charge in [-0.05, 0) is 30.8 Å². The minimum absolute atomic E-state index is 0.149. The lowest BCUT2D eigenvalue weighted by Gasteiger charge is -2.43. The van der Waals surface area contributed by atoms with Crippen molar-refractivity contribution in [3.8, 4) is 0 Å². The van der Waals surface area contributed by atoms with Crippen LogP contribution in [0.3, 0.4) is 0 Å². The van der Waals surface area contributed by atoms with Gasteiger partial charge in [-0.3, -0.25) is 23.3 Å². The fourth-order valence-electron chi connectivity index (χ4n) is 7.73. The Bertz CT molecular complexity index is 2280. The Morgan fingerprint density at radius 1 is 0.507 bits per heavy atom. The zero-order chi connectivity index (χ0) is 53.6. The maximum absolute atomic E-state index is 12.5. The monoisotopic (exact) mass is 1080 g/mol. The summed E-state index contributed by atoms with van der Waals surface area (Å²) in [6, 6.07) is 39.8. The molecule has 0 aromatic heterocycles. The molecular formula is C50H75N2O14P3Si2. The van der Waals surface area contributed by atoms with Crippen molar-refractivity contribution in [2.75, 3.05) is 61.8 Å². The minimum atomic E-state index is -3.37. The summed E-state index contributed by atoms with van der Waals surface area (Å²) >= 11 is 0. The lowest BCUT2D eigenvalue weighted by atomic mass is 10.2. The fraction of sp³-hybridized carbons (Fsp3) is 0.420. The first-order chi connectivity index (χ1) is 33.3. The first kappa shape index (κ1) is 63.2. The van der Waals surface area contributed by atoms with Crippen molar-refractivity contribution in [3.05, 3.63) is 133 Å². The second-order valence-corrected chi connectivity index (χ2v) is 33.8. The number of nitrogens with one attached hydrogen (secondary N) is 2. The number of rotatable bonds is 23. The predicted octanol–water partition coefficient (Wildman–Crippen LogP) is 8.25. The Labute approximate surface area is 423 Å². The number of hydrogen-bond donors (Lipinski definition) is 2. The highest BCUT2D eigenvalue weighted by Gasteiger charge is 2.51. The van der Waals surface area contributed by atoms with Crippen molar-refractivity contribution in [2.24, 2.45) is 0 Å². The first-order valence-electron chi connectivity index (χ1n) is 22.6. The van der Waals surface area contributed by atoms with Crippen molar-refractivity contribution >= 4 is 78.3 Å². The topological polar surface area (TPSA) is 200 Å². The van der Waals surface area contributed by atoms with Gasteiger partial charge in [0.25, 0.3) is 16.6 Å². The zero-order valence-corrected chi connectivity index (χ0v) is 48.3. The maximum atomic E-state index is 12.5. The van der Waals surface area contributed by atoms with Crippen LogP contribution < -0.4 is 31.4 Å². The summed E-state index contributed by atoms with van der Waals surface area (Å²) in [7, 11) is -8.05. The summed E-state index contributed by atoms with van der Waals surface area (Å²) in [6.45, 7) is 16.3. The molecule has 0 radical (unpaired) electrons.